The summed E-state index contributed by atoms with van der Waals surface area (Å²) in [7, 11) is 0. The van der Waals surface area contributed by atoms with E-state index in [2.05, 4.69) is 49.8 Å². The topological polar surface area (TPSA) is 120 Å². The minimum Gasteiger partial charge on any atom is -0.444 e. The van der Waals surface area contributed by atoms with Crippen molar-refractivity contribution >= 4 is 23.7 Å². The average Bonchev–Trinajstić information content (AvgIpc) is 2.96. The number of rotatable bonds is 5. The zero-order chi connectivity index (χ0) is 29.9. The van der Waals surface area contributed by atoms with Gasteiger partial charge in [0.2, 0.25) is 5.91 Å². The fourth-order valence-corrected chi connectivity index (χ4v) is 6.23. The van der Waals surface area contributed by atoms with E-state index in [1.54, 1.807) is 17.9 Å². The molecule has 11 heteroatoms. The Bertz CT molecular complexity index is 1290. The fourth-order valence-electron chi connectivity index (χ4n) is 6.23. The molecule has 2 unspecified atom stereocenters. The molecule has 1 aromatic heterocycles. The predicted octanol–water partition coefficient (Wildman–Crippen LogP) is 3.07. The van der Waals surface area contributed by atoms with Crippen LogP contribution in [-0.4, -0.2) is 99.0 Å². The van der Waals surface area contributed by atoms with Gasteiger partial charge in [0.05, 0.1) is 6.04 Å². The summed E-state index contributed by atoms with van der Waals surface area (Å²) in [6.07, 6.45) is 4.25. The van der Waals surface area contributed by atoms with Crippen molar-refractivity contribution in [2.45, 2.75) is 83.6 Å². The van der Waals surface area contributed by atoms with Crippen LogP contribution in [-0.2, 0) is 22.5 Å². The van der Waals surface area contributed by atoms with Crippen LogP contribution < -0.4 is 10.6 Å². The fraction of sp³-hybridized carbons (Fsp3) is 0.581. The number of likely N-dealkylation sites (tertiary alicyclic amines) is 2. The lowest BCUT2D eigenvalue weighted by Gasteiger charge is -2.45. The van der Waals surface area contributed by atoms with Crippen LogP contribution >= 0.6 is 0 Å². The molecule has 5 rings (SSSR count). The molecular formula is C31H43N7O4. The SMILES string of the molecule is CC(=O)N1CCC(Nc2cc(C(=O)N3CCC(N4CCc5ccccc5C4)C(NC(=O)OC(C)(C)C)C3)ncn2)CC1. The number of alkyl carbamates (subject to hydrolysis) is 1. The third-order valence-corrected chi connectivity index (χ3v) is 8.37. The zero-order valence-electron chi connectivity index (χ0n) is 25.1. The van der Waals surface area contributed by atoms with Gasteiger partial charge in [0, 0.05) is 64.3 Å². The van der Waals surface area contributed by atoms with E-state index < -0.39 is 11.7 Å². The van der Waals surface area contributed by atoms with Gasteiger partial charge in [-0.05, 0) is 57.6 Å². The number of carbonyl (C=O) groups is 3. The van der Waals surface area contributed by atoms with Crippen molar-refractivity contribution < 1.29 is 19.1 Å². The second-order valence-electron chi connectivity index (χ2n) is 12.6. The van der Waals surface area contributed by atoms with Crippen LogP contribution in [0.2, 0.25) is 0 Å². The highest BCUT2D eigenvalue weighted by Gasteiger charge is 2.38. The van der Waals surface area contributed by atoms with E-state index in [0.717, 1.165) is 38.8 Å². The summed E-state index contributed by atoms with van der Waals surface area (Å²) < 4.78 is 5.60. The Morgan fingerprint density at radius 3 is 2.38 bits per heavy atom. The van der Waals surface area contributed by atoms with Crippen LogP contribution in [0, 0.1) is 0 Å². The van der Waals surface area contributed by atoms with Crippen LogP contribution in [0.3, 0.4) is 0 Å². The molecule has 3 amide bonds. The Labute approximate surface area is 248 Å². The van der Waals surface area contributed by atoms with E-state index in [9.17, 15) is 14.4 Å². The second kappa shape index (κ2) is 12.6. The highest BCUT2D eigenvalue weighted by Crippen LogP contribution is 2.26. The van der Waals surface area contributed by atoms with Crippen LogP contribution in [0.5, 0.6) is 0 Å². The molecule has 0 aliphatic carbocycles. The Hall–Kier alpha value is -3.73. The molecule has 1 aromatic carbocycles. The first-order chi connectivity index (χ1) is 20.1. The molecule has 3 aliphatic rings. The van der Waals surface area contributed by atoms with E-state index in [4.69, 9.17) is 4.74 Å². The smallest absolute Gasteiger partial charge is 0.407 e. The molecule has 42 heavy (non-hydrogen) atoms. The molecule has 2 aromatic rings. The molecule has 226 valence electrons. The number of amides is 3. The van der Waals surface area contributed by atoms with Gasteiger partial charge in [0.1, 0.15) is 23.4 Å². The minimum atomic E-state index is -0.624. The normalized spacial score (nSPS) is 21.8. The van der Waals surface area contributed by atoms with Crippen molar-refractivity contribution in [2.24, 2.45) is 0 Å². The standard InChI is InChI=1S/C31H43N7O4/c1-21(39)36-14-10-24(11-15-36)34-28-17-25(32-20-33-28)29(40)38-16-12-27(26(19-38)35-30(41)42-31(2,3)4)37-13-9-22-7-5-6-8-23(22)18-37/h5-8,17,20,24,26-27H,9-16,18-19H2,1-4H3,(H,35,41)(H,32,33,34). The van der Waals surface area contributed by atoms with Crippen molar-refractivity contribution in [3.8, 4) is 0 Å². The number of hydrogen-bond donors (Lipinski definition) is 2. The first-order valence-corrected chi connectivity index (χ1v) is 15.0. The Balaban J connectivity index is 1.27. The summed E-state index contributed by atoms with van der Waals surface area (Å²) in [6.45, 7) is 11.2. The van der Waals surface area contributed by atoms with Crippen molar-refractivity contribution in [3.05, 3.63) is 53.5 Å². The average molecular weight is 578 g/mol. The minimum absolute atomic E-state index is 0.0680. The number of ether oxygens (including phenoxy) is 1. The molecule has 4 heterocycles. The van der Waals surface area contributed by atoms with Crippen molar-refractivity contribution in [1.82, 2.24) is 30.0 Å². The highest BCUT2D eigenvalue weighted by atomic mass is 16.6. The molecule has 2 fully saturated rings. The Morgan fingerprint density at radius 1 is 0.952 bits per heavy atom. The Morgan fingerprint density at radius 2 is 1.67 bits per heavy atom. The molecule has 3 aliphatic heterocycles. The Kier molecular flexibility index (Phi) is 8.96. The second-order valence-corrected chi connectivity index (χ2v) is 12.6. The number of nitrogens with one attached hydrogen (secondary N) is 2. The van der Waals surface area contributed by atoms with Crippen molar-refractivity contribution in [1.29, 1.82) is 0 Å². The van der Waals surface area contributed by atoms with Crippen molar-refractivity contribution in [3.63, 3.8) is 0 Å². The van der Waals surface area contributed by atoms with Gasteiger partial charge in [-0.2, -0.15) is 0 Å². The van der Waals surface area contributed by atoms with Crippen LogP contribution in [0.4, 0.5) is 10.6 Å². The van der Waals surface area contributed by atoms with E-state index >= 15 is 0 Å². The summed E-state index contributed by atoms with van der Waals surface area (Å²) in [5, 5.41) is 6.50. The van der Waals surface area contributed by atoms with Gasteiger partial charge >= 0.3 is 6.09 Å². The van der Waals surface area contributed by atoms with Gasteiger partial charge in [-0.25, -0.2) is 14.8 Å². The van der Waals surface area contributed by atoms with Gasteiger partial charge in [0.15, 0.2) is 0 Å². The number of benzene rings is 1. The summed E-state index contributed by atoms with van der Waals surface area (Å²) in [5.41, 5.74) is 2.37. The molecule has 2 N–H and O–H groups in total. The number of fused-ring (bicyclic) bond motifs is 1. The molecule has 2 saturated heterocycles. The number of carbonyl (C=O) groups excluding carboxylic acids is 3. The number of aromatic nitrogens is 2. The van der Waals surface area contributed by atoms with E-state index in [-0.39, 0.29) is 29.9 Å². The number of anilines is 1. The van der Waals surface area contributed by atoms with E-state index in [0.29, 0.717) is 37.7 Å². The first-order valence-electron chi connectivity index (χ1n) is 15.0. The number of hydrogen-bond acceptors (Lipinski definition) is 8. The maximum absolute atomic E-state index is 13.7. The summed E-state index contributed by atoms with van der Waals surface area (Å²) in [4.78, 5) is 52.9. The van der Waals surface area contributed by atoms with Gasteiger partial charge in [-0.3, -0.25) is 14.5 Å². The molecule has 11 nitrogen and oxygen atoms in total. The first kappa shape index (κ1) is 29.8. The van der Waals surface area contributed by atoms with E-state index in [1.807, 2.05) is 25.7 Å². The molecular weight excluding hydrogens is 534 g/mol. The largest absolute Gasteiger partial charge is 0.444 e. The lowest BCUT2D eigenvalue weighted by molar-refractivity contribution is -0.129. The number of nitrogens with zero attached hydrogens (tertiary/aromatic N) is 5. The van der Waals surface area contributed by atoms with Gasteiger partial charge in [0.25, 0.3) is 5.91 Å². The maximum atomic E-state index is 13.7. The van der Waals surface area contributed by atoms with Crippen LogP contribution in [0.15, 0.2) is 36.7 Å². The van der Waals surface area contributed by atoms with Crippen LogP contribution in [0.1, 0.15) is 68.6 Å². The monoisotopic (exact) mass is 577 g/mol. The lowest BCUT2D eigenvalue weighted by atomic mass is 9.92. The summed E-state index contributed by atoms with van der Waals surface area (Å²) in [5.74, 6) is 0.502. The van der Waals surface area contributed by atoms with Crippen LogP contribution in [0.25, 0.3) is 0 Å². The molecule has 0 radical (unpaired) electrons. The predicted molar refractivity (Wildman–Crippen MR) is 159 cm³/mol. The maximum Gasteiger partial charge on any atom is 0.407 e. The molecule has 0 saturated carbocycles. The highest BCUT2D eigenvalue weighted by molar-refractivity contribution is 5.93. The lowest BCUT2D eigenvalue weighted by Crippen LogP contribution is -2.62. The third kappa shape index (κ3) is 7.36. The molecule has 0 bridgehead atoms. The third-order valence-electron chi connectivity index (χ3n) is 8.37. The zero-order valence-corrected chi connectivity index (χ0v) is 25.1. The summed E-state index contributed by atoms with van der Waals surface area (Å²) >= 11 is 0. The number of piperidine rings is 2. The quantitative estimate of drug-likeness (QED) is 0.557. The van der Waals surface area contributed by atoms with Gasteiger partial charge in [-0.1, -0.05) is 24.3 Å². The van der Waals surface area contributed by atoms with Gasteiger partial charge in [-0.15, -0.1) is 0 Å². The van der Waals surface area contributed by atoms with E-state index in [1.165, 1.54) is 17.5 Å². The molecule has 2 atom stereocenters. The van der Waals surface area contributed by atoms with Gasteiger partial charge < -0.3 is 25.2 Å². The van der Waals surface area contributed by atoms with Crippen molar-refractivity contribution in [2.75, 3.05) is 38.0 Å². The summed E-state index contributed by atoms with van der Waals surface area (Å²) in [6, 6.07) is 10.1. The molecule has 0 spiro atoms.